The minimum Gasteiger partial charge on any atom is -0.437 e. The molecule has 1 saturated carbocycles. The van der Waals surface area contributed by atoms with Crippen LogP contribution in [0.1, 0.15) is 46.5 Å². The van der Waals surface area contributed by atoms with Crippen molar-refractivity contribution >= 4 is 44.3 Å². The molecule has 1 aliphatic carbocycles. The molecule has 0 aliphatic heterocycles. The molecule has 1 aromatic heterocycles. The summed E-state index contributed by atoms with van der Waals surface area (Å²) >= 11 is 4.80. The van der Waals surface area contributed by atoms with Crippen LogP contribution in [0.5, 0.6) is 5.75 Å². The van der Waals surface area contributed by atoms with E-state index >= 15 is 0 Å². The van der Waals surface area contributed by atoms with E-state index in [0.717, 1.165) is 29.5 Å². The van der Waals surface area contributed by atoms with Gasteiger partial charge in [0.05, 0.1) is 10.9 Å². The number of carbonyl (C=O) groups excluding carboxylic acids is 2. The summed E-state index contributed by atoms with van der Waals surface area (Å²) in [6, 6.07) is 1.67. The Morgan fingerprint density at radius 3 is 2.46 bits per heavy atom. The maximum Gasteiger partial charge on any atom is 0.513 e. The van der Waals surface area contributed by atoms with E-state index in [-0.39, 0.29) is 17.9 Å². The zero-order valence-electron chi connectivity index (χ0n) is 14.5. The molecule has 134 valence electrons. The number of anilines is 1. The fourth-order valence-corrected chi connectivity index (χ4v) is 4.62. The number of amides is 1. The third-order valence-electron chi connectivity index (χ3n) is 4.35. The van der Waals surface area contributed by atoms with Crippen LogP contribution in [-0.4, -0.2) is 25.2 Å². The van der Waals surface area contributed by atoms with E-state index in [1.807, 2.05) is 13.8 Å². The largest absolute Gasteiger partial charge is 0.513 e. The predicted molar refractivity (Wildman–Crippen MR) is 98.8 cm³/mol. The summed E-state index contributed by atoms with van der Waals surface area (Å²) in [6.07, 6.45) is 3.22. The summed E-state index contributed by atoms with van der Waals surface area (Å²) in [7, 11) is 1.26. The first-order chi connectivity index (χ1) is 11.3. The number of hydrogen-bond acceptors (Lipinski definition) is 5. The Morgan fingerprint density at radius 1 is 1.29 bits per heavy atom. The van der Waals surface area contributed by atoms with Gasteiger partial charge < -0.3 is 9.47 Å². The molecule has 0 atom stereocenters. The number of hydrogen-bond donors (Lipinski definition) is 0. The van der Waals surface area contributed by atoms with Gasteiger partial charge in [-0.2, -0.15) is 0 Å². The Morgan fingerprint density at radius 2 is 1.92 bits per heavy atom. The van der Waals surface area contributed by atoms with Crippen LogP contribution in [0.3, 0.4) is 0 Å². The third-order valence-corrected chi connectivity index (χ3v) is 5.97. The van der Waals surface area contributed by atoms with Crippen LogP contribution in [-0.2, 0) is 9.53 Å². The zero-order chi connectivity index (χ0) is 17.9. The average molecular weight is 418 g/mol. The molecular weight excluding hydrogens is 394 g/mol. The lowest BCUT2D eigenvalue weighted by Gasteiger charge is -2.33. The average Bonchev–Trinajstić information content (AvgIpc) is 2.87. The molecular formula is C17H24BrNO4S. The highest BCUT2D eigenvalue weighted by atomic mass is 79.9. The summed E-state index contributed by atoms with van der Waals surface area (Å²) in [5.41, 5.74) is 0. The summed E-state index contributed by atoms with van der Waals surface area (Å²) < 4.78 is 10.6. The van der Waals surface area contributed by atoms with E-state index < -0.39 is 6.16 Å². The molecule has 2 rings (SSSR count). The zero-order valence-corrected chi connectivity index (χ0v) is 16.9. The topological polar surface area (TPSA) is 55.8 Å². The van der Waals surface area contributed by atoms with Gasteiger partial charge in [0, 0.05) is 18.0 Å². The lowest BCUT2D eigenvalue weighted by Crippen LogP contribution is -2.42. The Hall–Kier alpha value is -1.08. The van der Waals surface area contributed by atoms with Gasteiger partial charge in [-0.15, -0.1) is 11.3 Å². The lowest BCUT2D eigenvalue weighted by molar-refractivity contribution is -0.123. The van der Waals surface area contributed by atoms with Crippen molar-refractivity contribution in [1.82, 2.24) is 0 Å². The Labute approximate surface area is 155 Å². The van der Waals surface area contributed by atoms with Crippen molar-refractivity contribution in [1.29, 1.82) is 0 Å². The predicted octanol–water partition coefficient (Wildman–Crippen LogP) is 5.22. The highest BCUT2D eigenvalue weighted by Gasteiger charge is 2.33. The molecule has 0 aromatic carbocycles. The Bertz CT molecular complexity index is 593. The molecule has 0 spiro atoms. The van der Waals surface area contributed by atoms with Gasteiger partial charge in [-0.05, 0) is 61.4 Å². The van der Waals surface area contributed by atoms with Crippen molar-refractivity contribution in [3.8, 4) is 5.75 Å². The van der Waals surface area contributed by atoms with E-state index in [1.54, 1.807) is 11.0 Å². The molecule has 0 N–H and O–H groups in total. The number of thiophene rings is 1. The summed E-state index contributed by atoms with van der Waals surface area (Å²) in [6.45, 7) is 6.18. The molecule has 0 radical (unpaired) electrons. The van der Waals surface area contributed by atoms with Crippen LogP contribution in [0.25, 0.3) is 0 Å². The first kappa shape index (κ1) is 19.2. The first-order valence-corrected chi connectivity index (χ1v) is 9.82. The summed E-state index contributed by atoms with van der Waals surface area (Å²) in [5, 5.41) is 0.644. The van der Waals surface area contributed by atoms with Gasteiger partial charge in [0.25, 0.3) is 0 Å². The molecule has 5 nitrogen and oxygen atoms in total. The number of ether oxygens (including phenoxy) is 2. The summed E-state index contributed by atoms with van der Waals surface area (Å²) in [4.78, 5) is 26.4. The van der Waals surface area contributed by atoms with Crippen LogP contribution < -0.4 is 9.64 Å². The molecule has 1 fully saturated rings. The molecule has 0 bridgehead atoms. The van der Waals surface area contributed by atoms with Gasteiger partial charge in [0.2, 0.25) is 5.91 Å². The second-order valence-corrected chi connectivity index (χ2v) is 8.94. The van der Waals surface area contributed by atoms with E-state index in [9.17, 15) is 9.59 Å². The van der Waals surface area contributed by atoms with E-state index in [1.165, 1.54) is 18.4 Å². The van der Waals surface area contributed by atoms with Crippen molar-refractivity contribution in [2.24, 2.45) is 11.8 Å². The second-order valence-electron chi connectivity index (χ2n) is 6.53. The van der Waals surface area contributed by atoms with Gasteiger partial charge in [-0.1, -0.05) is 6.92 Å². The van der Waals surface area contributed by atoms with Crippen LogP contribution in [0.2, 0.25) is 0 Å². The highest BCUT2D eigenvalue weighted by molar-refractivity contribution is 9.11. The summed E-state index contributed by atoms with van der Waals surface area (Å²) in [5.74, 6) is 1.19. The van der Waals surface area contributed by atoms with E-state index in [2.05, 4.69) is 27.6 Å². The van der Waals surface area contributed by atoms with Crippen LogP contribution in [0.15, 0.2) is 9.85 Å². The Balaban J connectivity index is 2.27. The minimum absolute atomic E-state index is 0.0256. The van der Waals surface area contributed by atoms with Gasteiger partial charge >= 0.3 is 6.16 Å². The van der Waals surface area contributed by atoms with Crippen molar-refractivity contribution in [3.63, 3.8) is 0 Å². The van der Waals surface area contributed by atoms with Gasteiger partial charge in [0.15, 0.2) is 5.75 Å². The maximum absolute atomic E-state index is 13.1. The SMILES string of the molecule is COC(=O)Oc1cc(Br)sc1N(C(=O)C1CCC(C)CC1)C(C)C. The fourth-order valence-electron chi connectivity index (χ4n) is 3.00. The molecule has 1 heterocycles. The van der Waals surface area contributed by atoms with Crippen molar-refractivity contribution in [2.75, 3.05) is 12.0 Å². The maximum atomic E-state index is 13.1. The lowest BCUT2D eigenvalue weighted by atomic mass is 9.82. The van der Waals surface area contributed by atoms with Crippen molar-refractivity contribution in [2.45, 2.75) is 52.5 Å². The second kappa shape index (κ2) is 8.34. The number of nitrogens with zero attached hydrogens (tertiary/aromatic N) is 1. The van der Waals surface area contributed by atoms with Crippen LogP contribution in [0.4, 0.5) is 9.80 Å². The molecule has 1 aromatic rings. The normalized spacial score (nSPS) is 20.8. The molecule has 0 unspecified atom stereocenters. The van der Waals surface area contributed by atoms with Crippen LogP contribution in [0, 0.1) is 11.8 Å². The number of rotatable bonds is 4. The molecule has 1 amide bonds. The monoisotopic (exact) mass is 417 g/mol. The molecule has 0 saturated heterocycles. The Kier molecular flexibility index (Phi) is 6.69. The third kappa shape index (κ3) is 4.51. The van der Waals surface area contributed by atoms with Gasteiger partial charge in [-0.3, -0.25) is 9.69 Å². The highest BCUT2D eigenvalue weighted by Crippen LogP contribution is 2.43. The van der Waals surface area contributed by atoms with E-state index in [0.29, 0.717) is 16.7 Å². The quantitative estimate of drug-likeness (QED) is 0.629. The van der Waals surface area contributed by atoms with E-state index in [4.69, 9.17) is 4.74 Å². The molecule has 24 heavy (non-hydrogen) atoms. The minimum atomic E-state index is -0.788. The first-order valence-electron chi connectivity index (χ1n) is 8.21. The number of halogens is 1. The van der Waals surface area contributed by atoms with Crippen LogP contribution >= 0.6 is 27.3 Å². The fraction of sp³-hybridized carbons (Fsp3) is 0.647. The van der Waals surface area contributed by atoms with Crippen molar-refractivity contribution in [3.05, 3.63) is 9.85 Å². The standard InChI is InChI=1S/C17H24BrNO4S/c1-10(2)19(15(20)12-7-5-11(3)6-8-12)16-13(9-14(18)24-16)23-17(21)22-4/h9-12H,5-8H2,1-4H3. The number of carbonyl (C=O) groups is 2. The van der Waals surface area contributed by atoms with Gasteiger partial charge in [0.1, 0.15) is 5.00 Å². The number of methoxy groups -OCH3 is 1. The van der Waals surface area contributed by atoms with Gasteiger partial charge in [-0.25, -0.2) is 4.79 Å². The van der Waals surface area contributed by atoms with Crippen molar-refractivity contribution < 1.29 is 19.1 Å². The molecule has 1 aliphatic rings. The molecule has 7 heteroatoms. The smallest absolute Gasteiger partial charge is 0.437 e.